The highest BCUT2D eigenvalue weighted by molar-refractivity contribution is 5.96. The Morgan fingerprint density at radius 2 is 1.80 bits per heavy atom. The van der Waals surface area contributed by atoms with E-state index in [4.69, 9.17) is 0 Å². The molecule has 132 valence electrons. The van der Waals surface area contributed by atoms with Crippen LogP contribution in [-0.4, -0.2) is 18.5 Å². The van der Waals surface area contributed by atoms with E-state index in [1.165, 1.54) is 18.2 Å². The summed E-state index contributed by atoms with van der Waals surface area (Å²) in [6.07, 6.45) is -4.73. The molecular weight excluding hydrogens is 342 g/mol. The van der Waals surface area contributed by atoms with Crippen LogP contribution >= 0.6 is 0 Å². The van der Waals surface area contributed by atoms with E-state index in [2.05, 4.69) is 10.1 Å². The molecule has 8 heteroatoms. The van der Waals surface area contributed by atoms with E-state index in [1.54, 1.807) is 13.0 Å². The number of nitrogens with one attached hydrogen (secondary N) is 1. The van der Waals surface area contributed by atoms with Gasteiger partial charge in [0.1, 0.15) is 5.82 Å². The number of carbonyl (C=O) groups is 2. The van der Waals surface area contributed by atoms with Gasteiger partial charge in [0.25, 0.3) is 5.91 Å². The largest absolute Gasteiger partial charge is 0.452 e. The lowest BCUT2D eigenvalue weighted by Gasteiger charge is -2.12. The standard InChI is InChI=1S/C17H13F4NO3/c1-10-6-7-14(13(18)8-10)22-15(23)9-25-16(24)11-4-2-3-5-12(11)17(19,20)21/h2-8H,9H2,1H3,(H,22,23). The first-order valence-corrected chi connectivity index (χ1v) is 7.08. The SMILES string of the molecule is Cc1ccc(NC(=O)COC(=O)c2ccccc2C(F)(F)F)c(F)c1. The molecule has 0 saturated heterocycles. The van der Waals surface area contributed by atoms with Crippen molar-refractivity contribution in [2.24, 2.45) is 0 Å². The van der Waals surface area contributed by atoms with Crippen molar-refractivity contribution in [1.29, 1.82) is 0 Å². The Balaban J connectivity index is 2.02. The molecule has 0 heterocycles. The Kier molecular flexibility index (Phi) is 5.41. The Labute approximate surface area is 140 Å². The summed E-state index contributed by atoms with van der Waals surface area (Å²) in [6, 6.07) is 8.13. The number of rotatable bonds is 4. The van der Waals surface area contributed by atoms with Crippen LogP contribution in [-0.2, 0) is 15.7 Å². The molecule has 0 radical (unpaired) electrons. The van der Waals surface area contributed by atoms with Crippen molar-refractivity contribution in [2.45, 2.75) is 13.1 Å². The predicted molar refractivity (Wildman–Crippen MR) is 81.5 cm³/mol. The Morgan fingerprint density at radius 3 is 2.44 bits per heavy atom. The molecule has 0 aliphatic rings. The fourth-order valence-corrected chi connectivity index (χ4v) is 2.02. The molecule has 0 saturated carbocycles. The number of halogens is 4. The second-order valence-electron chi connectivity index (χ2n) is 5.15. The summed E-state index contributed by atoms with van der Waals surface area (Å²) in [5.74, 6) is -2.85. The van der Waals surface area contributed by atoms with E-state index in [0.29, 0.717) is 5.56 Å². The summed E-state index contributed by atoms with van der Waals surface area (Å²) < 4.78 is 56.7. The minimum Gasteiger partial charge on any atom is -0.452 e. The number of benzene rings is 2. The Hall–Kier alpha value is -2.90. The average molecular weight is 355 g/mol. The van der Waals surface area contributed by atoms with Crippen LogP contribution in [0.3, 0.4) is 0 Å². The predicted octanol–water partition coefficient (Wildman–Crippen LogP) is 3.95. The number of alkyl halides is 3. The molecule has 0 bridgehead atoms. The van der Waals surface area contributed by atoms with Gasteiger partial charge in [-0.05, 0) is 36.8 Å². The van der Waals surface area contributed by atoms with E-state index >= 15 is 0 Å². The lowest BCUT2D eigenvalue weighted by Crippen LogP contribution is -2.23. The number of carbonyl (C=O) groups excluding carboxylic acids is 2. The lowest BCUT2D eigenvalue weighted by atomic mass is 10.1. The minimum absolute atomic E-state index is 0.123. The van der Waals surface area contributed by atoms with Gasteiger partial charge in [0.2, 0.25) is 0 Å². The second-order valence-corrected chi connectivity index (χ2v) is 5.15. The molecule has 2 aromatic rings. The zero-order valence-corrected chi connectivity index (χ0v) is 13.0. The van der Waals surface area contributed by atoms with Crippen LogP contribution in [0.4, 0.5) is 23.2 Å². The number of aryl methyl sites for hydroxylation is 1. The Morgan fingerprint density at radius 1 is 1.12 bits per heavy atom. The van der Waals surface area contributed by atoms with Gasteiger partial charge in [-0.3, -0.25) is 4.79 Å². The fourth-order valence-electron chi connectivity index (χ4n) is 2.02. The van der Waals surface area contributed by atoms with Crippen LogP contribution in [0.1, 0.15) is 21.5 Å². The quantitative estimate of drug-likeness (QED) is 0.667. The highest BCUT2D eigenvalue weighted by Crippen LogP contribution is 2.32. The maximum Gasteiger partial charge on any atom is 0.417 e. The average Bonchev–Trinajstić information content (AvgIpc) is 2.54. The third-order valence-corrected chi connectivity index (χ3v) is 3.19. The van der Waals surface area contributed by atoms with Crippen molar-refractivity contribution in [3.05, 3.63) is 65.0 Å². The van der Waals surface area contributed by atoms with Gasteiger partial charge in [-0.1, -0.05) is 18.2 Å². The van der Waals surface area contributed by atoms with Gasteiger partial charge in [-0.25, -0.2) is 9.18 Å². The molecule has 2 rings (SSSR count). The zero-order chi connectivity index (χ0) is 18.6. The van der Waals surface area contributed by atoms with E-state index in [-0.39, 0.29) is 5.69 Å². The van der Waals surface area contributed by atoms with Gasteiger partial charge in [0.05, 0.1) is 16.8 Å². The maximum absolute atomic E-state index is 13.6. The summed E-state index contributed by atoms with van der Waals surface area (Å²) in [6.45, 7) is 0.812. The van der Waals surface area contributed by atoms with Crippen LogP contribution in [0.25, 0.3) is 0 Å². The van der Waals surface area contributed by atoms with E-state index in [1.807, 2.05) is 0 Å². The molecule has 4 nitrogen and oxygen atoms in total. The summed E-state index contributed by atoms with van der Waals surface area (Å²) in [4.78, 5) is 23.5. The highest BCUT2D eigenvalue weighted by Gasteiger charge is 2.35. The number of hydrogen-bond acceptors (Lipinski definition) is 3. The van der Waals surface area contributed by atoms with Gasteiger partial charge in [0.15, 0.2) is 6.61 Å². The Bertz CT molecular complexity index is 803. The zero-order valence-electron chi connectivity index (χ0n) is 13.0. The molecule has 0 aromatic heterocycles. The van der Waals surface area contributed by atoms with Crippen molar-refractivity contribution in [2.75, 3.05) is 11.9 Å². The lowest BCUT2D eigenvalue weighted by molar-refractivity contribution is -0.138. The van der Waals surface area contributed by atoms with E-state index < -0.39 is 41.6 Å². The first-order chi connectivity index (χ1) is 11.7. The molecule has 0 aliphatic heterocycles. The van der Waals surface area contributed by atoms with Crippen LogP contribution in [0.2, 0.25) is 0 Å². The topological polar surface area (TPSA) is 55.4 Å². The van der Waals surface area contributed by atoms with Crippen molar-refractivity contribution >= 4 is 17.6 Å². The van der Waals surface area contributed by atoms with E-state index in [0.717, 1.165) is 18.2 Å². The van der Waals surface area contributed by atoms with Crippen molar-refractivity contribution in [1.82, 2.24) is 0 Å². The monoisotopic (exact) mass is 355 g/mol. The third-order valence-electron chi connectivity index (χ3n) is 3.19. The van der Waals surface area contributed by atoms with Crippen LogP contribution in [0.15, 0.2) is 42.5 Å². The fraction of sp³-hybridized carbons (Fsp3) is 0.176. The first-order valence-electron chi connectivity index (χ1n) is 7.08. The molecule has 2 aromatic carbocycles. The summed E-state index contributed by atoms with van der Waals surface area (Å²) >= 11 is 0. The summed E-state index contributed by atoms with van der Waals surface area (Å²) in [5, 5.41) is 2.18. The molecule has 0 fully saturated rings. The molecule has 1 amide bonds. The van der Waals surface area contributed by atoms with Gasteiger partial charge in [0, 0.05) is 0 Å². The second kappa shape index (κ2) is 7.33. The molecule has 25 heavy (non-hydrogen) atoms. The normalized spacial score (nSPS) is 11.1. The number of hydrogen-bond donors (Lipinski definition) is 1. The highest BCUT2D eigenvalue weighted by atomic mass is 19.4. The third kappa shape index (κ3) is 4.79. The van der Waals surface area contributed by atoms with Gasteiger partial charge < -0.3 is 10.1 Å². The van der Waals surface area contributed by atoms with Crippen LogP contribution < -0.4 is 5.32 Å². The number of ether oxygens (including phenoxy) is 1. The van der Waals surface area contributed by atoms with Crippen molar-refractivity contribution in [3.8, 4) is 0 Å². The molecule has 1 N–H and O–H groups in total. The van der Waals surface area contributed by atoms with Crippen LogP contribution in [0.5, 0.6) is 0 Å². The van der Waals surface area contributed by atoms with Gasteiger partial charge >= 0.3 is 12.1 Å². The molecule has 0 spiro atoms. The van der Waals surface area contributed by atoms with Gasteiger partial charge in [-0.15, -0.1) is 0 Å². The molecule has 0 unspecified atom stereocenters. The molecule has 0 aliphatic carbocycles. The minimum atomic E-state index is -4.73. The van der Waals surface area contributed by atoms with Gasteiger partial charge in [-0.2, -0.15) is 13.2 Å². The summed E-state index contributed by atoms with van der Waals surface area (Å²) in [5.41, 5.74) is -1.35. The maximum atomic E-state index is 13.6. The first kappa shape index (κ1) is 18.4. The van der Waals surface area contributed by atoms with Crippen molar-refractivity contribution < 1.29 is 31.9 Å². The summed E-state index contributed by atoms with van der Waals surface area (Å²) in [7, 11) is 0. The molecular formula is C17H13F4NO3. The smallest absolute Gasteiger partial charge is 0.417 e. The number of amides is 1. The van der Waals surface area contributed by atoms with Crippen molar-refractivity contribution in [3.63, 3.8) is 0 Å². The van der Waals surface area contributed by atoms with E-state index in [9.17, 15) is 27.2 Å². The van der Waals surface area contributed by atoms with Crippen LogP contribution in [0, 0.1) is 12.7 Å². The number of anilines is 1. The molecule has 0 atom stereocenters. The number of esters is 1.